The maximum Gasteiger partial charge on any atom is 0.338 e. The summed E-state index contributed by atoms with van der Waals surface area (Å²) >= 11 is 0. The van der Waals surface area contributed by atoms with E-state index < -0.39 is 29.9 Å². The molecule has 0 saturated carbocycles. The highest BCUT2D eigenvalue weighted by Crippen LogP contribution is 2.24. The lowest BCUT2D eigenvalue weighted by molar-refractivity contribution is -0.122. The number of carbonyl (C=O) groups is 3. The van der Waals surface area contributed by atoms with Crippen molar-refractivity contribution in [2.45, 2.75) is 38.6 Å². The molecular formula is C32H31N3O6. The quantitative estimate of drug-likeness (QED) is 0.238. The molecule has 0 spiro atoms. The molecule has 1 heterocycles. The van der Waals surface area contributed by atoms with Gasteiger partial charge in [0.05, 0.1) is 30.4 Å². The van der Waals surface area contributed by atoms with Crippen LogP contribution in [0, 0.1) is 18.3 Å². The summed E-state index contributed by atoms with van der Waals surface area (Å²) in [6, 6.07) is 20.3. The summed E-state index contributed by atoms with van der Waals surface area (Å²) in [4.78, 5) is 37.5. The Hall–Kier alpha value is -4.94. The summed E-state index contributed by atoms with van der Waals surface area (Å²) in [7, 11) is 0. The van der Waals surface area contributed by atoms with Crippen LogP contribution in [0.15, 0.2) is 79.4 Å². The monoisotopic (exact) mass is 553 g/mol. The largest absolute Gasteiger partial charge is 0.458 e. The maximum absolute atomic E-state index is 13.4. The lowest BCUT2D eigenvalue weighted by atomic mass is 10.0. The number of ether oxygens (including phenoxy) is 3. The smallest absolute Gasteiger partial charge is 0.338 e. The molecule has 0 aromatic heterocycles. The molecule has 4 rings (SSSR count). The highest BCUT2D eigenvalue weighted by Gasteiger charge is 2.25. The number of benzene rings is 3. The molecule has 1 aliphatic heterocycles. The molecule has 9 nitrogen and oxygen atoms in total. The molecule has 41 heavy (non-hydrogen) atoms. The molecule has 0 saturated heterocycles. The van der Waals surface area contributed by atoms with Gasteiger partial charge >= 0.3 is 11.9 Å². The van der Waals surface area contributed by atoms with Crippen molar-refractivity contribution < 1.29 is 28.6 Å². The van der Waals surface area contributed by atoms with E-state index >= 15 is 0 Å². The summed E-state index contributed by atoms with van der Waals surface area (Å²) in [5.41, 5.74) is 4.94. The molecule has 9 heteroatoms. The van der Waals surface area contributed by atoms with Crippen molar-refractivity contribution in [1.29, 1.82) is 5.26 Å². The first-order valence-electron chi connectivity index (χ1n) is 13.1. The van der Waals surface area contributed by atoms with Crippen molar-refractivity contribution in [2.75, 3.05) is 18.5 Å². The van der Waals surface area contributed by atoms with Crippen LogP contribution in [0.4, 0.5) is 5.69 Å². The Labute approximate surface area is 238 Å². The first-order chi connectivity index (χ1) is 19.9. The molecule has 0 radical (unpaired) electrons. The van der Waals surface area contributed by atoms with Crippen LogP contribution in [0.2, 0.25) is 0 Å². The van der Waals surface area contributed by atoms with E-state index in [1.54, 1.807) is 42.5 Å². The molecule has 3 aromatic carbocycles. The topological polar surface area (TPSA) is 127 Å². The summed E-state index contributed by atoms with van der Waals surface area (Å²) in [5, 5.41) is 15.7. The number of carbonyl (C=O) groups excluding carboxylic acids is 3. The van der Waals surface area contributed by atoms with Crippen LogP contribution >= 0.6 is 0 Å². The number of hydrogen-bond acceptors (Lipinski definition) is 8. The van der Waals surface area contributed by atoms with E-state index in [0.717, 1.165) is 22.3 Å². The molecule has 0 fully saturated rings. The van der Waals surface area contributed by atoms with Crippen LogP contribution in [0.1, 0.15) is 43.0 Å². The first kappa shape index (κ1) is 29.1. The van der Waals surface area contributed by atoms with Crippen molar-refractivity contribution in [3.8, 4) is 6.07 Å². The third-order valence-corrected chi connectivity index (χ3v) is 6.39. The van der Waals surface area contributed by atoms with E-state index in [-0.39, 0.29) is 26.4 Å². The Morgan fingerprint density at radius 3 is 2.71 bits per heavy atom. The molecule has 0 bridgehead atoms. The van der Waals surface area contributed by atoms with Crippen molar-refractivity contribution in [1.82, 2.24) is 5.32 Å². The van der Waals surface area contributed by atoms with E-state index in [1.165, 1.54) is 6.08 Å². The van der Waals surface area contributed by atoms with Gasteiger partial charge in [0.2, 0.25) is 5.91 Å². The summed E-state index contributed by atoms with van der Waals surface area (Å²) in [6.45, 7) is 5.92. The molecule has 2 N–H and O–H groups in total. The average molecular weight is 554 g/mol. The minimum atomic E-state index is -0.917. The SMILES string of the molecule is C=CCOC(=O)c1cccc(COCC(C#N)NC(=O)C(Cc2cccc(C)c2)Nc2ccc3c(c2)C(=O)OC3)c1. The zero-order chi connectivity index (χ0) is 29.2. The normalized spacial score (nSPS) is 13.2. The number of hydrogen-bond donors (Lipinski definition) is 2. The number of nitrogens with zero attached hydrogens (tertiary/aromatic N) is 1. The summed E-state index contributed by atoms with van der Waals surface area (Å²) in [5.74, 6) is -1.26. The Morgan fingerprint density at radius 2 is 1.93 bits per heavy atom. The van der Waals surface area contributed by atoms with E-state index in [0.29, 0.717) is 23.2 Å². The fourth-order valence-corrected chi connectivity index (χ4v) is 4.37. The number of nitriles is 1. The fraction of sp³-hybridized carbons (Fsp3) is 0.250. The number of aryl methyl sites for hydroxylation is 1. The molecule has 210 valence electrons. The van der Waals surface area contributed by atoms with Crippen molar-refractivity contribution in [3.63, 3.8) is 0 Å². The van der Waals surface area contributed by atoms with Gasteiger partial charge in [0.25, 0.3) is 0 Å². The van der Waals surface area contributed by atoms with Crippen LogP contribution in [0.25, 0.3) is 0 Å². The average Bonchev–Trinajstić information content (AvgIpc) is 3.34. The van der Waals surface area contributed by atoms with E-state index in [9.17, 15) is 19.6 Å². The van der Waals surface area contributed by atoms with Gasteiger partial charge in [0.15, 0.2) is 0 Å². The van der Waals surface area contributed by atoms with Gasteiger partial charge in [-0.15, -0.1) is 0 Å². The number of rotatable bonds is 13. The first-order valence-corrected chi connectivity index (χ1v) is 13.1. The molecule has 0 aliphatic carbocycles. The van der Waals surface area contributed by atoms with Gasteiger partial charge < -0.3 is 24.8 Å². The number of esters is 2. The Balaban J connectivity index is 1.40. The second kappa shape index (κ2) is 13.9. The standard InChI is InChI=1S/C32H31N3O6/c1-3-12-40-31(37)24-9-5-8-23(14-24)18-39-20-27(17-33)35-30(36)29(15-22-7-4-6-21(2)13-22)34-26-11-10-25-19-41-32(38)28(25)16-26/h3-11,13-14,16,27,29,34H,1,12,15,18-20H2,2H3,(H,35,36). The zero-order valence-electron chi connectivity index (χ0n) is 22.7. The number of nitrogens with one attached hydrogen (secondary N) is 2. The van der Waals surface area contributed by atoms with Gasteiger partial charge in [-0.25, -0.2) is 9.59 Å². The predicted octanol–water partition coefficient (Wildman–Crippen LogP) is 4.26. The second-order valence-electron chi connectivity index (χ2n) is 9.63. The van der Waals surface area contributed by atoms with Crippen molar-refractivity contribution in [2.24, 2.45) is 0 Å². The lowest BCUT2D eigenvalue weighted by Crippen LogP contribution is -2.46. The molecule has 1 aliphatic rings. The summed E-state index contributed by atoms with van der Waals surface area (Å²) < 4.78 is 15.9. The lowest BCUT2D eigenvalue weighted by Gasteiger charge is -2.22. The Bertz CT molecular complexity index is 1480. The van der Waals surface area contributed by atoms with Gasteiger partial charge in [0.1, 0.15) is 25.3 Å². The molecule has 2 unspecified atom stereocenters. The van der Waals surface area contributed by atoms with Crippen molar-refractivity contribution >= 4 is 23.5 Å². The molecule has 2 atom stereocenters. The van der Waals surface area contributed by atoms with Crippen LogP contribution in [0.5, 0.6) is 0 Å². The summed E-state index contributed by atoms with van der Waals surface area (Å²) in [6.07, 6.45) is 1.84. The fourth-order valence-electron chi connectivity index (χ4n) is 4.37. The van der Waals surface area contributed by atoms with Gasteiger partial charge in [-0.1, -0.05) is 60.7 Å². The maximum atomic E-state index is 13.4. The zero-order valence-corrected chi connectivity index (χ0v) is 22.7. The Kier molecular flexibility index (Phi) is 9.86. The van der Waals surface area contributed by atoms with Crippen LogP contribution < -0.4 is 10.6 Å². The minimum Gasteiger partial charge on any atom is -0.458 e. The highest BCUT2D eigenvalue weighted by atomic mass is 16.5. The number of anilines is 1. The predicted molar refractivity (Wildman–Crippen MR) is 152 cm³/mol. The molecular weight excluding hydrogens is 522 g/mol. The van der Waals surface area contributed by atoms with E-state index in [4.69, 9.17) is 14.2 Å². The third-order valence-electron chi connectivity index (χ3n) is 6.39. The number of fused-ring (bicyclic) bond motifs is 1. The van der Waals surface area contributed by atoms with Crippen LogP contribution in [0.3, 0.4) is 0 Å². The van der Waals surface area contributed by atoms with Gasteiger partial charge in [-0.3, -0.25) is 4.79 Å². The number of cyclic esters (lactones) is 1. The van der Waals surface area contributed by atoms with Gasteiger partial charge in [0, 0.05) is 17.7 Å². The Morgan fingerprint density at radius 1 is 1.12 bits per heavy atom. The van der Waals surface area contributed by atoms with Gasteiger partial charge in [-0.2, -0.15) is 5.26 Å². The highest BCUT2D eigenvalue weighted by molar-refractivity contribution is 5.95. The van der Waals surface area contributed by atoms with Gasteiger partial charge in [-0.05, 0) is 42.3 Å². The minimum absolute atomic E-state index is 0.0603. The van der Waals surface area contributed by atoms with Crippen LogP contribution in [-0.2, 0) is 38.6 Å². The number of amides is 1. The molecule has 1 amide bonds. The van der Waals surface area contributed by atoms with Crippen molar-refractivity contribution in [3.05, 3.63) is 113 Å². The molecule has 3 aromatic rings. The third kappa shape index (κ3) is 8.03. The second-order valence-corrected chi connectivity index (χ2v) is 9.63. The van der Waals surface area contributed by atoms with Crippen LogP contribution in [-0.4, -0.2) is 43.1 Å². The van der Waals surface area contributed by atoms with E-state index in [2.05, 4.69) is 23.3 Å². The van der Waals surface area contributed by atoms with E-state index in [1.807, 2.05) is 31.2 Å².